The van der Waals surface area contributed by atoms with Crippen LogP contribution >= 0.6 is 0 Å². The highest BCUT2D eigenvalue weighted by molar-refractivity contribution is 7.90. The summed E-state index contributed by atoms with van der Waals surface area (Å²) in [7, 11) is -3.35. The van der Waals surface area contributed by atoms with E-state index in [1.165, 1.54) is 12.5 Å². The SMILES string of the molecule is C[C@H]1CCCN(CC(=O)Nc2ccccc2S(C)(=O)=O)C1. The summed E-state index contributed by atoms with van der Waals surface area (Å²) in [4.78, 5) is 14.4. The Morgan fingerprint density at radius 3 is 2.76 bits per heavy atom. The highest BCUT2D eigenvalue weighted by Crippen LogP contribution is 2.21. The highest BCUT2D eigenvalue weighted by Gasteiger charge is 2.20. The van der Waals surface area contributed by atoms with Gasteiger partial charge in [0.1, 0.15) is 0 Å². The van der Waals surface area contributed by atoms with E-state index in [4.69, 9.17) is 0 Å². The number of carbonyl (C=O) groups is 1. The summed E-state index contributed by atoms with van der Waals surface area (Å²) in [5.41, 5.74) is 0.357. The Labute approximate surface area is 126 Å². The number of nitrogens with zero attached hydrogens (tertiary/aromatic N) is 1. The molecule has 6 heteroatoms. The predicted molar refractivity (Wildman–Crippen MR) is 83.0 cm³/mol. The van der Waals surface area contributed by atoms with Crippen LogP contribution in [-0.2, 0) is 14.6 Å². The van der Waals surface area contributed by atoms with Crippen LogP contribution in [0.5, 0.6) is 0 Å². The molecular formula is C15H22N2O3S. The van der Waals surface area contributed by atoms with Crippen molar-refractivity contribution in [1.82, 2.24) is 4.90 Å². The van der Waals surface area contributed by atoms with Gasteiger partial charge in [-0.1, -0.05) is 19.1 Å². The van der Waals surface area contributed by atoms with Crippen LogP contribution in [0.1, 0.15) is 19.8 Å². The Balaban J connectivity index is 2.03. The van der Waals surface area contributed by atoms with E-state index >= 15 is 0 Å². The van der Waals surface area contributed by atoms with Gasteiger partial charge in [0.2, 0.25) is 5.91 Å². The Kier molecular flexibility index (Phi) is 5.00. The van der Waals surface area contributed by atoms with Crippen molar-refractivity contribution in [2.24, 2.45) is 5.92 Å². The summed E-state index contributed by atoms with van der Waals surface area (Å²) < 4.78 is 23.4. The molecule has 1 saturated heterocycles. The molecule has 0 unspecified atom stereocenters. The monoisotopic (exact) mass is 310 g/mol. The zero-order valence-corrected chi connectivity index (χ0v) is 13.3. The van der Waals surface area contributed by atoms with Crippen LogP contribution in [0, 0.1) is 5.92 Å². The van der Waals surface area contributed by atoms with E-state index in [-0.39, 0.29) is 10.8 Å². The van der Waals surface area contributed by atoms with Gasteiger partial charge in [0.05, 0.1) is 17.1 Å². The van der Waals surface area contributed by atoms with E-state index < -0.39 is 9.84 Å². The average molecular weight is 310 g/mol. The second-order valence-corrected chi connectivity index (χ2v) is 7.78. The van der Waals surface area contributed by atoms with E-state index in [0.717, 1.165) is 25.8 Å². The van der Waals surface area contributed by atoms with Crippen LogP contribution < -0.4 is 5.32 Å². The third-order valence-corrected chi connectivity index (χ3v) is 4.82. The number of hydrogen-bond donors (Lipinski definition) is 1. The molecule has 1 aliphatic rings. The summed E-state index contributed by atoms with van der Waals surface area (Å²) in [6.07, 6.45) is 3.45. The summed E-state index contributed by atoms with van der Waals surface area (Å²) in [5, 5.41) is 2.72. The maximum Gasteiger partial charge on any atom is 0.238 e. The number of anilines is 1. The van der Waals surface area contributed by atoms with Crippen LogP contribution in [0.2, 0.25) is 0 Å². The molecule has 1 N–H and O–H groups in total. The number of benzene rings is 1. The number of nitrogens with one attached hydrogen (secondary N) is 1. The number of piperidine rings is 1. The van der Waals surface area contributed by atoms with Crippen molar-refractivity contribution in [3.8, 4) is 0 Å². The summed E-state index contributed by atoms with van der Waals surface area (Å²) in [5.74, 6) is 0.440. The van der Waals surface area contributed by atoms with Crippen LogP contribution in [-0.4, -0.2) is 45.1 Å². The lowest BCUT2D eigenvalue weighted by molar-refractivity contribution is -0.117. The standard InChI is InChI=1S/C15H22N2O3S/c1-12-6-5-9-17(10-12)11-15(18)16-13-7-3-4-8-14(13)21(2,19)20/h3-4,7-8,12H,5-6,9-11H2,1-2H3,(H,16,18)/t12-/m0/s1. The fraction of sp³-hybridized carbons (Fsp3) is 0.533. The highest BCUT2D eigenvalue weighted by atomic mass is 32.2. The first-order valence-corrected chi connectivity index (χ1v) is 9.06. The Morgan fingerprint density at radius 2 is 2.10 bits per heavy atom. The van der Waals surface area contributed by atoms with Crippen molar-refractivity contribution in [3.05, 3.63) is 24.3 Å². The van der Waals surface area contributed by atoms with Crippen LogP contribution in [0.15, 0.2) is 29.2 Å². The van der Waals surface area contributed by atoms with Gasteiger partial charge in [-0.15, -0.1) is 0 Å². The van der Waals surface area contributed by atoms with Gasteiger partial charge in [-0.25, -0.2) is 8.42 Å². The number of rotatable bonds is 4. The molecule has 1 aliphatic heterocycles. The minimum Gasteiger partial charge on any atom is -0.324 e. The fourth-order valence-electron chi connectivity index (χ4n) is 2.72. The molecule has 1 aromatic rings. The van der Waals surface area contributed by atoms with Crippen LogP contribution in [0.25, 0.3) is 0 Å². The van der Waals surface area contributed by atoms with Crippen molar-refractivity contribution < 1.29 is 13.2 Å². The molecule has 1 aromatic carbocycles. The molecule has 0 bridgehead atoms. The van der Waals surface area contributed by atoms with Gasteiger partial charge in [0.25, 0.3) is 0 Å². The lowest BCUT2D eigenvalue weighted by Gasteiger charge is -2.30. The number of amides is 1. The van der Waals surface area contributed by atoms with E-state index in [0.29, 0.717) is 18.2 Å². The lowest BCUT2D eigenvalue weighted by atomic mass is 10.0. The molecule has 0 radical (unpaired) electrons. The third-order valence-electron chi connectivity index (χ3n) is 3.67. The van der Waals surface area contributed by atoms with Gasteiger partial charge in [-0.3, -0.25) is 9.69 Å². The average Bonchev–Trinajstić information content (AvgIpc) is 2.37. The molecule has 1 amide bonds. The van der Waals surface area contributed by atoms with E-state index in [2.05, 4.69) is 17.1 Å². The van der Waals surface area contributed by atoms with E-state index in [9.17, 15) is 13.2 Å². The van der Waals surface area contributed by atoms with E-state index in [1.54, 1.807) is 18.2 Å². The molecule has 5 nitrogen and oxygen atoms in total. The maximum atomic E-state index is 12.1. The molecule has 0 aromatic heterocycles. The van der Waals surface area contributed by atoms with E-state index in [1.807, 2.05) is 0 Å². The molecule has 1 atom stereocenters. The van der Waals surface area contributed by atoms with Gasteiger partial charge in [0, 0.05) is 12.8 Å². The molecular weight excluding hydrogens is 288 g/mol. The first-order valence-electron chi connectivity index (χ1n) is 7.17. The summed E-state index contributed by atoms with van der Waals surface area (Å²) in [6.45, 7) is 4.33. The summed E-state index contributed by atoms with van der Waals surface area (Å²) >= 11 is 0. The lowest BCUT2D eigenvalue weighted by Crippen LogP contribution is -2.39. The normalized spacial score (nSPS) is 20.2. The molecule has 1 fully saturated rings. The van der Waals surface area contributed by atoms with Gasteiger partial charge in [-0.05, 0) is 37.4 Å². The second-order valence-electron chi connectivity index (χ2n) is 5.80. The van der Waals surface area contributed by atoms with Crippen molar-refractivity contribution in [3.63, 3.8) is 0 Å². The molecule has 21 heavy (non-hydrogen) atoms. The molecule has 116 valence electrons. The quantitative estimate of drug-likeness (QED) is 0.920. The molecule has 2 rings (SSSR count). The van der Waals surface area contributed by atoms with Crippen molar-refractivity contribution in [2.75, 3.05) is 31.2 Å². The van der Waals surface area contributed by atoms with Gasteiger partial charge < -0.3 is 5.32 Å². The molecule has 0 spiro atoms. The summed E-state index contributed by atoms with van der Waals surface area (Å²) in [6, 6.07) is 6.49. The number of sulfone groups is 1. The molecule has 0 aliphatic carbocycles. The predicted octanol–water partition coefficient (Wildman–Crippen LogP) is 1.76. The minimum atomic E-state index is -3.35. The second kappa shape index (κ2) is 6.58. The first-order chi connectivity index (χ1) is 9.86. The number of carbonyl (C=O) groups excluding carboxylic acids is 1. The molecule has 0 saturated carbocycles. The number of para-hydroxylation sites is 1. The Hall–Kier alpha value is -1.40. The Morgan fingerprint density at radius 1 is 1.38 bits per heavy atom. The van der Waals surface area contributed by atoms with Gasteiger partial charge >= 0.3 is 0 Å². The number of likely N-dealkylation sites (tertiary alicyclic amines) is 1. The first kappa shape index (κ1) is 16.0. The smallest absolute Gasteiger partial charge is 0.238 e. The van der Waals surface area contributed by atoms with Crippen LogP contribution in [0.3, 0.4) is 0 Å². The molecule has 1 heterocycles. The third kappa shape index (κ3) is 4.54. The zero-order chi connectivity index (χ0) is 15.5. The maximum absolute atomic E-state index is 12.1. The van der Waals surface area contributed by atoms with Crippen LogP contribution in [0.4, 0.5) is 5.69 Å². The van der Waals surface area contributed by atoms with Gasteiger partial charge in [0.15, 0.2) is 9.84 Å². The van der Waals surface area contributed by atoms with Crippen molar-refractivity contribution in [1.29, 1.82) is 0 Å². The fourth-order valence-corrected chi connectivity index (χ4v) is 3.56. The van der Waals surface area contributed by atoms with Crippen molar-refractivity contribution >= 4 is 21.4 Å². The number of hydrogen-bond acceptors (Lipinski definition) is 4. The Bertz CT molecular complexity index is 613. The topological polar surface area (TPSA) is 66.5 Å². The minimum absolute atomic E-state index is 0.158. The largest absolute Gasteiger partial charge is 0.324 e. The van der Waals surface area contributed by atoms with Gasteiger partial charge in [-0.2, -0.15) is 0 Å². The van der Waals surface area contributed by atoms with Crippen molar-refractivity contribution in [2.45, 2.75) is 24.7 Å². The zero-order valence-electron chi connectivity index (χ0n) is 12.5.